The summed E-state index contributed by atoms with van der Waals surface area (Å²) >= 11 is 6.31. The van der Waals surface area contributed by atoms with E-state index in [9.17, 15) is 4.39 Å². The van der Waals surface area contributed by atoms with Gasteiger partial charge in [-0.3, -0.25) is 4.90 Å². The molecule has 0 bridgehead atoms. The third-order valence-corrected chi connectivity index (χ3v) is 5.32. The lowest BCUT2D eigenvalue weighted by atomic mass is 9.89. The Kier molecular flexibility index (Phi) is 5.78. The number of halogens is 2. The number of ether oxygens (including phenoxy) is 1. The minimum Gasteiger partial charge on any atom is -0.489 e. The highest BCUT2D eigenvalue weighted by molar-refractivity contribution is 6.32. The Hall–Kier alpha value is -0.840. The van der Waals surface area contributed by atoms with E-state index in [0.29, 0.717) is 17.5 Å². The van der Waals surface area contributed by atoms with Gasteiger partial charge in [-0.1, -0.05) is 24.4 Å². The molecule has 3 nitrogen and oxygen atoms in total. The van der Waals surface area contributed by atoms with Crippen LogP contribution in [0.5, 0.6) is 5.75 Å². The van der Waals surface area contributed by atoms with Gasteiger partial charge in [0.25, 0.3) is 0 Å². The topological polar surface area (TPSA) is 24.5 Å². The first-order chi connectivity index (χ1) is 11.2. The minimum atomic E-state index is -0.340. The molecule has 1 heterocycles. The van der Waals surface area contributed by atoms with E-state index >= 15 is 0 Å². The second-order valence-electron chi connectivity index (χ2n) is 6.52. The standard InChI is InChI=1S/C18H26ClFN2O/c1-2-23-18-15(19)11-14(12-16(18)20)17(13-5-3-4-6-13)22-9-7-21-8-10-22/h11-13,17,21H,2-10H2,1H3/t17-/m0/s1. The summed E-state index contributed by atoms with van der Waals surface area (Å²) in [5, 5.41) is 3.79. The molecule has 1 aliphatic heterocycles. The highest BCUT2D eigenvalue weighted by atomic mass is 35.5. The van der Waals surface area contributed by atoms with Gasteiger partial charge in [0.15, 0.2) is 11.6 Å². The van der Waals surface area contributed by atoms with Crippen LogP contribution in [-0.2, 0) is 0 Å². The molecule has 0 amide bonds. The number of benzene rings is 1. The molecule has 23 heavy (non-hydrogen) atoms. The zero-order chi connectivity index (χ0) is 16.2. The van der Waals surface area contributed by atoms with Gasteiger partial charge < -0.3 is 10.1 Å². The molecular formula is C18H26ClFN2O. The van der Waals surface area contributed by atoms with Crippen LogP contribution in [0.3, 0.4) is 0 Å². The summed E-state index contributed by atoms with van der Waals surface area (Å²) in [5.41, 5.74) is 1.00. The van der Waals surface area contributed by atoms with E-state index in [4.69, 9.17) is 16.3 Å². The molecule has 1 aliphatic carbocycles. The summed E-state index contributed by atoms with van der Waals surface area (Å²) in [7, 11) is 0. The summed E-state index contributed by atoms with van der Waals surface area (Å²) in [4.78, 5) is 2.50. The van der Waals surface area contributed by atoms with E-state index in [2.05, 4.69) is 10.2 Å². The van der Waals surface area contributed by atoms with Crippen molar-refractivity contribution < 1.29 is 9.13 Å². The normalized spacial score (nSPS) is 21.5. The molecule has 2 fully saturated rings. The number of nitrogens with zero attached hydrogens (tertiary/aromatic N) is 1. The van der Waals surface area contributed by atoms with E-state index in [1.54, 1.807) is 6.07 Å². The predicted molar refractivity (Wildman–Crippen MR) is 91.7 cm³/mol. The Bertz CT molecular complexity index is 505. The molecule has 2 aliphatic rings. The summed E-state index contributed by atoms with van der Waals surface area (Å²) in [6, 6.07) is 3.82. The van der Waals surface area contributed by atoms with Crippen molar-refractivity contribution in [2.24, 2.45) is 5.92 Å². The maximum absolute atomic E-state index is 14.5. The molecule has 1 aromatic rings. The Morgan fingerprint density at radius 2 is 2.00 bits per heavy atom. The molecule has 1 atom stereocenters. The van der Waals surface area contributed by atoms with Crippen LogP contribution in [0.2, 0.25) is 5.02 Å². The summed E-state index contributed by atoms with van der Waals surface area (Å²) < 4.78 is 19.8. The number of piperazine rings is 1. The largest absolute Gasteiger partial charge is 0.489 e. The van der Waals surface area contributed by atoms with E-state index in [0.717, 1.165) is 31.7 Å². The summed E-state index contributed by atoms with van der Waals surface area (Å²) in [6.45, 7) is 6.26. The quantitative estimate of drug-likeness (QED) is 0.876. The van der Waals surface area contributed by atoms with Crippen LogP contribution in [0.15, 0.2) is 12.1 Å². The van der Waals surface area contributed by atoms with E-state index in [1.165, 1.54) is 25.7 Å². The van der Waals surface area contributed by atoms with Crippen LogP contribution in [0.4, 0.5) is 4.39 Å². The highest BCUT2D eigenvalue weighted by Gasteiger charge is 2.32. The van der Waals surface area contributed by atoms with Crippen molar-refractivity contribution in [2.75, 3.05) is 32.8 Å². The van der Waals surface area contributed by atoms with Crippen molar-refractivity contribution in [1.82, 2.24) is 10.2 Å². The van der Waals surface area contributed by atoms with Crippen LogP contribution in [0, 0.1) is 11.7 Å². The van der Waals surface area contributed by atoms with Crippen LogP contribution < -0.4 is 10.1 Å². The zero-order valence-electron chi connectivity index (χ0n) is 13.8. The number of nitrogens with one attached hydrogen (secondary N) is 1. The average Bonchev–Trinajstić information content (AvgIpc) is 3.06. The third kappa shape index (κ3) is 3.81. The molecule has 0 aromatic heterocycles. The van der Waals surface area contributed by atoms with Gasteiger partial charge in [-0.2, -0.15) is 0 Å². The fraction of sp³-hybridized carbons (Fsp3) is 0.667. The molecule has 1 N–H and O–H groups in total. The molecule has 0 radical (unpaired) electrons. The Morgan fingerprint density at radius 1 is 1.30 bits per heavy atom. The molecule has 1 saturated carbocycles. The average molecular weight is 341 g/mol. The van der Waals surface area contributed by atoms with Crippen molar-refractivity contribution in [3.63, 3.8) is 0 Å². The Morgan fingerprint density at radius 3 is 2.61 bits per heavy atom. The third-order valence-electron chi connectivity index (χ3n) is 5.04. The molecule has 0 unspecified atom stereocenters. The number of hydrogen-bond donors (Lipinski definition) is 1. The first-order valence-corrected chi connectivity index (χ1v) is 9.15. The molecule has 5 heteroatoms. The van der Waals surface area contributed by atoms with Crippen LogP contribution >= 0.6 is 11.6 Å². The fourth-order valence-electron chi connectivity index (χ4n) is 4.05. The maximum atomic E-state index is 14.5. The van der Waals surface area contributed by atoms with Crippen molar-refractivity contribution in [3.05, 3.63) is 28.5 Å². The minimum absolute atomic E-state index is 0.184. The van der Waals surface area contributed by atoms with E-state index in [-0.39, 0.29) is 17.6 Å². The van der Waals surface area contributed by atoms with Crippen molar-refractivity contribution >= 4 is 11.6 Å². The molecule has 3 rings (SSSR count). The van der Waals surface area contributed by atoms with Crippen molar-refractivity contribution in [3.8, 4) is 5.75 Å². The van der Waals surface area contributed by atoms with Gasteiger partial charge in [-0.05, 0) is 43.4 Å². The zero-order valence-corrected chi connectivity index (χ0v) is 14.5. The Labute approximate surface area is 143 Å². The van der Waals surface area contributed by atoms with Crippen molar-refractivity contribution in [2.45, 2.75) is 38.6 Å². The molecule has 1 aromatic carbocycles. The van der Waals surface area contributed by atoms with Crippen LogP contribution in [-0.4, -0.2) is 37.7 Å². The summed E-state index contributed by atoms with van der Waals surface area (Å²) in [6.07, 6.45) is 5.00. The summed E-state index contributed by atoms with van der Waals surface area (Å²) in [5.74, 6) is 0.442. The fourth-order valence-corrected chi connectivity index (χ4v) is 4.32. The van der Waals surface area contributed by atoms with Crippen LogP contribution in [0.1, 0.15) is 44.2 Å². The lowest BCUT2D eigenvalue weighted by Gasteiger charge is -2.38. The maximum Gasteiger partial charge on any atom is 0.173 e. The van der Waals surface area contributed by atoms with Gasteiger partial charge in [0.1, 0.15) is 0 Å². The molecule has 128 valence electrons. The lowest BCUT2D eigenvalue weighted by molar-refractivity contribution is 0.125. The van der Waals surface area contributed by atoms with Gasteiger partial charge in [-0.25, -0.2) is 4.39 Å². The SMILES string of the molecule is CCOc1c(F)cc([C@H](C2CCCC2)N2CCNCC2)cc1Cl. The van der Waals surface area contributed by atoms with Gasteiger partial charge >= 0.3 is 0 Å². The molecule has 0 spiro atoms. The second kappa shape index (κ2) is 7.82. The number of rotatable bonds is 5. The van der Waals surface area contributed by atoms with E-state index < -0.39 is 0 Å². The van der Waals surface area contributed by atoms with Gasteiger partial charge in [0.05, 0.1) is 11.6 Å². The smallest absolute Gasteiger partial charge is 0.173 e. The second-order valence-corrected chi connectivity index (χ2v) is 6.93. The first-order valence-electron chi connectivity index (χ1n) is 8.77. The highest BCUT2D eigenvalue weighted by Crippen LogP contribution is 2.42. The molecular weight excluding hydrogens is 315 g/mol. The van der Waals surface area contributed by atoms with Gasteiger partial charge in [-0.15, -0.1) is 0 Å². The van der Waals surface area contributed by atoms with E-state index in [1.807, 2.05) is 13.0 Å². The predicted octanol–water partition coefficient (Wildman–Crippen LogP) is 4.01. The lowest BCUT2D eigenvalue weighted by Crippen LogP contribution is -2.46. The van der Waals surface area contributed by atoms with Gasteiger partial charge in [0.2, 0.25) is 0 Å². The van der Waals surface area contributed by atoms with Gasteiger partial charge in [0, 0.05) is 32.2 Å². The number of hydrogen-bond acceptors (Lipinski definition) is 3. The Balaban J connectivity index is 1.92. The van der Waals surface area contributed by atoms with Crippen LogP contribution in [0.25, 0.3) is 0 Å². The van der Waals surface area contributed by atoms with Crippen molar-refractivity contribution in [1.29, 1.82) is 0 Å². The first kappa shape index (κ1) is 17.0. The monoisotopic (exact) mass is 340 g/mol. The molecule has 1 saturated heterocycles.